The summed E-state index contributed by atoms with van der Waals surface area (Å²) in [6.45, 7) is 4.35. The Balaban J connectivity index is 1.35. The van der Waals surface area contributed by atoms with Crippen molar-refractivity contribution in [3.05, 3.63) is 88.7 Å². The van der Waals surface area contributed by atoms with Crippen LogP contribution in [0.15, 0.2) is 48.5 Å². The molecular formula is C51H51F5N2O22. The molecule has 3 aliphatic rings. The molecule has 6 rings (SSSR count). The predicted molar refractivity (Wildman–Crippen MR) is 250 cm³/mol. The zero-order valence-corrected chi connectivity index (χ0v) is 43.2. The molecule has 2 amide bonds. The highest BCUT2D eigenvalue weighted by Gasteiger charge is 2.58. The van der Waals surface area contributed by atoms with Crippen LogP contribution in [0.5, 0.6) is 5.75 Å². The van der Waals surface area contributed by atoms with Crippen LogP contribution in [0.4, 0.5) is 26.7 Å². The summed E-state index contributed by atoms with van der Waals surface area (Å²) >= 11 is 0. The molecule has 3 aromatic rings. The van der Waals surface area contributed by atoms with Gasteiger partial charge in [-0.2, -0.15) is 8.78 Å². The fraction of sp³-hybridized carbons (Fsp3) is 0.451. The molecule has 432 valence electrons. The minimum absolute atomic E-state index is 0.423. The largest absolute Gasteiger partial charge is 0.463 e. The van der Waals surface area contributed by atoms with Crippen LogP contribution >= 0.6 is 0 Å². The van der Waals surface area contributed by atoms with E-state index < -0.39 is 194 Å². The summed E-state index contributed by atoms with van der Waals surface area (Å²) in [6.07, 6.45) is -22.2. The number of alkyl carbamates (subject to hydrolysis) is 1. The number of rotatable bonds is 19. The van der Waals surface area contributed by atoms with Gasteiger partial charge in [-0.1, -0.05) is 48.5 Å². The maximum atomic E-state index is 14.9. The standard InChI is InChI=1S/C51H51F5N2O22/c1-20(59)69-18-33-42(80-50-47(76-26(7)65)45(74-24(5)63)41(72-22(3)61)34(78-50)19-70-21(2)60)44(73-23(4)62)46(75-25(6)64)48(77-33)58-35(66)16-32(49(67)79-43-39(55)37(53)36(52)38(54)40(43)56)57-51(68)71-17-31-29-14-10-8-12-27(29)28-13-9-11-15-30(28)31/h8-15,31-34,41-42,44-48,50H,16-19H2,1-7H3,(H,57,68)(H,58,66)/t32-,33+,34+,41-,42+,44-,45-,46+,47+,48+,50-/m0/s1. The molecule has 80 heavy (non-hydrogen) atoms. The molecule has 2 fully saturated rings. The van der Waals surface area contributed by atoms with E-state index >= 15 is 0 Å². The van der Waals surface area contributed by atoms with Gasteiger partial charge in [0.15, 0.2) is 43.0 Å². The molecule has 2 N–H and O–H groups in total. The Morgan fingerprint density at radius 2 is 0.938 bits per heavy atom. The van der Waals surface area contributed by atoms with Crippen molar-refractivity contribution in [3.8, 4) is 16.9 Å². The second-order valence-corrected chi connectivity index (χ2v) is 17.8. The van der Waals surface area contributed by atoms with E-state index in [0.717, 1.165) is 70.7 Å². The Hall–Kier alpha value is -8.31. The number of carbonyl (C=O) groups is 10. The molecule has 3 aromatic carbocycles. The second kappa shape index (κ2) is 26.6. The fourth-order valence-electron chi connectivity index (χ4n) is 8.85. The monoisotopic (exact) mass is 1140 g/mol. The van der Waals surface area contributed by atoms with Crippen LogP contribution in [-0.4, -0.2) is 147 Å². The molecule has 0 aromatic heterocycles. The number of nitrogens with one attached hydrogen (secondary N) is 2. The molecule has 1 aliphatic carbocycles. The number of benzene rings is 3. The Morgan fingerprint density at radius 1 is 0.500 bits per heavy atom. The first-order chi connectivity index (χ1) is 37.7. The number of amides is 2. The van der Waals surface area contributed by atoms with E-state index in [2.05, 4.69) is 10.1 Å². The summed E-state index contributed by atoms with van der Waals surface area (Å²) < 4.78 is 138. The van der Waals surface area contributed by atoms with Crippen LogP contribution in [0.25, 0.3) is 11.1 Å². The van der Waals surface area contributed by atoms with Crippen molar-refractivity contribution < 1.29 is 127 Å². The van der Waals surface area contributed by atoms with E-state index in [4.69, 9.17) is 52.1 Å². The Labute approximate surface area is 449 Å². The average molecular weight is 1140 g/mol. The molecule has 2 heterocycles. The molecule has 2 aliphatic heterocycles. The quantitative estimate of drug-likeness (QED) is 0.0434. The van der Waals surface area contributed by atoms with E-state index in [0.29, 0.717) is 0 Å². The molecule has 0 bridgehead atoms. The number of esters is 8. The van der Waals surface area contributed by atoms with Gasteiger partial charge in [0.05, 0.1) is 6.42 Å². The lowest BCUT2D eigenvalue weighted by Gasteiger charge is -2.48. The van der Waals surface area contributed by atoms with Gasteiger partial charge in [-0.05, 0) is 22.3 Å². The van der Waals surface area contributed by atoms with Crippen molar-refractivity contribution in [2.75, 3.05) is 19.8 Å². The molecular weight excluding hydrogens is 1090 g/mol. The van der Waals surface area contributed by atoms with E-state index in [9.17, 15) is 69.9 Å². The van der Waals surface area contributed by atoms with Crippen LogP contribution in [0.1, 0.15) is 71.9 Å². The van der Waals surface area contributed by atoms with Crippen LogP contribution in [-0.2, 0) is 95.3 Å². The minimum Gasteiger partial charge on any atom is -0.463 e. The molecule has 11 atom stereocenters. The molecule has 0 unspecified atom stereocenters. The maximum Gasteiger partial charge on any atom is 0.407 e. The lowest BCUT2D eigenvalue weighted by atomic mass is 9.95. The van der Waals surface area contributed by atoms with E-state index in [1.807, 2.05) is 17.4 Å². The van der Waals surface area contributed by atoms with Gasteiger partial charge in [0, 0.05) is 54.4 Å². The molecule has 24 nitrogen and oxygen atoms in total. The summed E-state index contributed by atoms with van der Waals surface area (Å²) in [5.74, 6) is -26.4. The smallest absolute Gasteiger partial charge is 0.407 e. The summed E-state index contributed by atoms with van der Waals surface area (Å²) in [7, 11) is 0. The van der Waals surface area contributed by atoms with Crippen LogP contribution in [0.2, 0.25) is 0 Å². The summed E-state index contributed by atoms with van der Waals surface area (Å²) in [4.78, 5) is 129. The van der Waals surface area contributed by atoms with Crippen molar-refractivity contribution in [1.29, 1.82) is 0 Å². The van der Waals surface area contributed by atoms with Gasteiger partial charge < -0.3 is 67.5 Å². The lowest BCUT2D eigenvalue weighted by molar-refractivity contribution is -0.345. The molecule has 2 saturated heterocycles. The van der Waals surface area contributed by atoms with Crippen LogP contribution in [0, 0.1) is 29.1 Å². The SMILES string of the molecule is CC(=O)OC[C@H]1O[C@@H](O[C@H]2[C@H](OC(C)=O)[C@@H](OC(C)=O)[C@H](NC(=O)C[C@H](NC(=O)OCC3c4ccccc4-c4ccccc43)C(=O)Oc3c(F)c(F)c(F)c(F)c3F)O[C@@H]2COC(C)=O)[C@H](OC(C)=O)[C@@H](OC(C)=O)[C@H]1OC(C)=O. The van der Waals surface area contributed by atoms with E-state index in [-0.39, 0.29) is 0 Å². The lowest BCUT2D eigenvalue weighted by Crippen LogP contribution is -2.69. The summed E-state index contributed by atoms with van der Waals surface area (Å²) in [6, 6.07) is 11.7. The zero-order chi connectivity index (χ0) is 58.9. The third-order valence-electron chi connectivity index (χ3n) is 11.9. The van der Waals surface area contributed by atoms with Crippen molar-refractivity contribution >= 4 is 59.8 Å². The number of ether oxygens (including phenoxy) is 12. The summed E-state index contributed by atoms with van der Waals surface area (Å²) in [5.41, 5.74) is 3.06. The van der Waals surface area contributed by atoms with Crippen molar-refractivity contribution in [1.82, 2.24) is 10.6 Å². The minimum atomic E-state index is -2.62. The number of hydrogen-bond donors (Lipinski definition) is 2. The zero-order valence-electron chi connectivity index (χ0n) is 43.2. The summed E-state index contributed by atoms with van der Waals surface area (Å²) in [5, 5.41) is 4.19. The average Bonchev–Trinajstić information content (AvgIpc) is 3.90. The third-order valence-corrected chi connectivity index (χ3v) is 11.9. The molecule has 0 radical (unpaired) electrons. The first-order valence-corrected chi connectivity index (χ1v) is 24.0. The Bertz CT molecular complexity index is 2830. The second-order valence-electron chi connectivity index (χ2n) is 17.8. The molecule has 0 spiro atoms. The van der Waals surface area contributed by atoms with E-state index in [1.165, 1.54) is 0 Å². The predicted octanol–water partition coefficient (Wildman–Crippen LogP) is 3.32. The number of hydrogen-bond acceptors (Lipinski definition) is 22. The highest BCUT2D eigenvalue weighted by Crippen LogP contribution is 2.45. The van der Waals surface area contributed by atoms with Crippen molar-refractivity contribution in [2.24, 2.45) is 0 Å². The van der Waals surface area contributed by atoms with Crippen molar-refractivity contribution in [3.63, 3.8) is 0 Å². The fourth-order valence-corrected chi connectivity index (χ4v) is 8.85. The van der Waals surface area contributed by atoms with Gasteiger partial charge in [0.1, 0.15) is 44.2 Å². The van der Waals surface area contributed by atoms with Crippen LogP contribution in [0.3, 0.4) is 0 Å². The van der Waals surface area contributed by atoms with Gasteiger partial charge in [-0.3, -0.25) is 38.4 Å². The number of halogens is 5. The third kappa shape index (κ3) is 14.9. The Morgan fingerprint density at radius 3 is 1.44 bits per heavy atom. The van der Waals surface area contributed by atoms with Gasteiger partial charge in [0.2, 0.25) is 40.7 Å². The molecule has 0 saturated carbocycles. The normalized spacial score (nSPS) is 23.3. The topological polar surface area (TPSA) is 306 Å². The Kier molecular flexibility index (Phi) is 20.2. The molecule has 29 heteroatoms. The van der Waals surface area contributed by atoms with Gasteiger partial charge in [-0.25, -0.2) is 22.8 Å². The highest BCUT2D eigenvalue weighted by atomic mass is 19.2. The van der Waals surface area contributed by atoms with Crippen molar-refractivity contribution in [2.45, 2.75) is 128 Å². The maximum absolute atomic E-state index is 14.9. The van der Waals surface area contributed by atoms with Gasteiger partial charge >= 0.3 is 53.8 Å². The van der Waals surface area contributed by atoms with E-state index in [1.54, 1.807) is 36.4 Å². The number of fused-ring (bicyclic) bond motifs is 3. The number of carbonyl (C=O) groups excluding carboxylic acids is 10. The first-order valence-electron chi connectivity index (χ1n) is 24.0. The van der Waals surface area contributed by atoms with Gasteiger partial charge in [0.25, 0.3) is 0 Å². The first kappa shape index (κ1) is 60.9. The van der Waals surface area contributed by atoms with Crippen LogP contribution < -0.4 is 15.4 Å². The van der Waals surface area contributed by atoms with Gasteiger partial charge in [-0.15, -0.1) is 0 Å². The highest BCUT2D eigenvalue weighted by molar-refractivity contribution is 5.89.